The van der Waals surface area contributed by atoms with Crippen LogP contribution in [-0.2, 0) is 13.0 Å². The molecule has 0 aliphatic carbocycles. The summed E-state index contributed by atoms with van der Waals surface area (Å²) in [6.07, 6.45) is 2.70. The Labute approximate surface area is 170 Å². The molecule has 2 aliphatic rings. The Hall–Kier alpha value is -3.08. The van der Waals surface area contributed by atoms with Crippen LogP contribution in [0.3, 0.4) is 0 Å². The van der Waals surface area contributed by atoms with Crippen molar-refractivity contribution in [1.82, 2.24) is 9.47 Å². The summed E-state index contributed by atoms with van der Waals surface area (Å²) in [7, 11) is 0. The maximum atomic E-state index is 13.2. The minimum Gasteiger partial charge on any atom is -0.368 e. The Morgan fingerprint density at radius 2 is 1.69 bits per heavy atom. The Bertz CT molecular complexity index is 1190. The van der Waals surface area contributed by atoms with E-state index in [1.165, 1.54) is 22.4 Å². The first kappa shape index (κ1) is 18.0. The molecule has 0 saturated carbocycles. The SMILES string of the molecule is Cc1cccc(N2CCN(C(=O)c3cn4c5c(cccc5c3=O)CC4)CC2)c1C. The number of aryl methyl sites for hydroxylation is 3. The zero-order chi connectivity index (χ0) is 20.1. The number of aromatic nitrogens is 1. The number of carbonyl (C=O) groups is 1. The van der Waals surface area contributed by atoms with Crippen LogP contribution in [-0.4, -0.2) is 41.6 Å². The molecule has 1 amide bonds. The topological polar surface area (TPSA) is 45.5 Å². The van der Waals surface area contributed by atoms with E-state index in [1.807, 2.05) is 17.0 Å². The number of nitrogens with zero attached hydrogens (tertiary/aromatic N) is 3. The molecule has 5 heteroatoms. The molecule has 1 fully saturated rings. The predicted molar refractivity (Wildman–Crippen MR) is 116 cm³/mol. The number of amides is 1. The van der Waals surface area contributed by atoms with Gasteiger partial charge in [-0.15, -0.1) is 0 Å². The van der Waals surface area contributed by atoms with Crippen LogP contribution in [0.4, 0.5) is 5.69 Å². The van der Waals surface area contributed by atoms with Gasteiger partial charge in [0.05, 0.1) is 5.52 Å². The van der Waals surface area contributed by atoms with Crippen LogP contribution in [0.5, 0.6) is 0 Å². The highest BCUT2D eigenvalue weighted by molar-refractivity contribution is 5.98. The van der Waals surface area contributed by atoms with E-state index >= 15 is 0 Å². The number of piperazine rings is 1. The number of rotatable bonds is 2. The number of carbonyl (C=O) groups excluding carboxylic acids is 1. The molecule has 3 heterocycles. The quantitative estimate of drug-likeness (QED) is 0.679. The van der Waals surface area contributed by atoms with Crippen LogP contribution in [0.2, 0.25) is 0 Å². The lowest BCUT2D eigenvalue weighted by atomic mass is 10.1. The van der Waals surface area contributed by atoms with Gasteiger partial charge in [-0.1, -0.05) is 24.3 Å². The predicted octanol–water partition coefficient (Wildman–Crippen LogP) is 3.14. The van der Waals surface area contributed by atoms with E-state index in [0.29, 0.717) is 24.0 Å². The molecule has 0 bridgehead atoms. The second-order valence-electron chi connectivity index (χ2n) is 8.13. The standard InChI is InChI=1S/C24H25N3O2/c1-16-5-3-8-21(17(16)2)25-11-13-26(14-12-25)24(29)20-15-27-10-9-18-6-4-7-19(22(18)27)23(20)28/h3-8,15H,9-14H2,1-2H3. The van der Waals surface area contributed by atoms with E-state index in [2.05, 4.69) is 47.6 Å². The fourth-order valence-corrected chi connectivity index (χ4v) is 4.71. The molecule has 2 aliphatic heterocycles. The highest BCUT2D eigenvalue weighted by Gasteiger charge is 2.27. The summed E-state index contributed by atoms with van der Waals surface area (Å²) in [6.45, 7) is 7.92. The molecule has 5 rings (SSSR count). The number of benzene rings is 2. The third kappa shape index (κ3) is 2.84. The number of hydrogen-bond acceptors (Lipinski definition) is 3. The van der Waals surface area contributed by atoms with E-state index < -0.39 is 0 Å². The van der Waals surface area contributed by atoms with Crippen molar-refractivity contribution in [3.8, 4) is 0 Å². The Morgan fingerprint density at radius 1 is 0.931 bits per heavy atom. The average molecular weight is 387 g/mol. The van der Waals surface area contributed by atoms with Gasteiger partial charge in [0.15, 0.2) is 0 Å². The van der Waals surface area contributed by atoms with Gasteiger partial charge < -0.3 is 14.4 Å². The highest BCUT2D eigenvalue weighted by atomic mass is 16.2. The van der Waals surface area contributed by atoms with Gasteiger partial charge >= 0.3 is 0 Å². The molecule has 1 aromatic heterocycles. The minimum atomic E-state index is -0.140. The number of pyridine rings is 1. The molecule has 0 N–H and O–H groups in total. The largest absolute Gasteiger partial charge is 0.368 e. The third-order valence-electron chi connectivity index (χ3n) is 6.52. The molecule has 0 atom stereocenters. The monoisotopic (exact) mass is 387 g/mol. The second kappa shape index (κ2) is 6.76. The van der Waals surface area contributed by atoms with Crippen LogP contribution in [0.15, 0.2) is 47.4 Å². The van der Waals surface area contributed by atoms with Crippen LogP contribution in [0, 0.1) is 13.8 Å². The zero-order valence-corrected chi connectivity index (χ0v) is 16.9. The zero-order valence-electron chi connectivity index (χ0n) is 16.9. The molecule has 3 aromatic rings. The van der Waals surface area contributed by atoms with Crippen molar-refractivity contribution >= 4 is 22.5 Å². The summed E-state index contributed by atoms with van der Waals surface area (Å²) in [4.78, 5) is 30.4. The van der Waals surface area contributed by atoms with Gasteiger partial charge in [-0.05, 0) is 49.1 Å². The van der Waals surface area contributed by atoms with Crippen LogP contribution < -0.4 is 10.3 Å². The van der Waals surface area contributed by atoms with Crippen molar-refractivity contribution in [2.45, 2.75) is 26.8 Å². The van der Waals surface area contributed by atoms with Gasteiger partial charge in [-0.25, -0.2) is 0 Å². The minimum absolute atomic E-state index is 0.137. The lowest BCUT2D eigenvalue weighted by molar-refractivity contribution is 0.0745. The first-order chi connectivity index (χ1) is 14.0. The molecule has 0 unspecified atom stereocenters. The maximum absolute atomic E-state index is 13.2. The summed E-state index contributed by atoms with van der Waals surface area (Å²) in [5.41, 5.74) is 6.17. The summed E-state index contributed by atoms with van der Waals surface area (Å²) < 4.78 is 2.08. The van der Waals surface area contributed by atoms with E-state index in [4.69, 9.17) is 0 Å². The van der Waals surface area contributed by atoms with Crippen molar-refractivity contribution in [3.63, 3.8) is 0 Å². The summed E-state index contributed by atoms with van der Waals surface area (Å²) >= 11 is 0. The normalized spacial score (nSPS) is 15.9. The maximum Gasteiger partial charge on any atom is 0.259 e. The van der Waals surface area contributed by atoms with Gasteiger partial charge in [-0.2, -0.15) is 0 Å². The molecule has 0 spiro atoms. The van der Waals surface area contributed by atoms with Crippen LogP contribution in [0.25, 0.3) is 10.9 Å². The Kier molecular flexibility index (Phi) is 4.19. The lowest BCUT2D eigenvalue weighted by Gasteiger charge is -2.37. The van der Waals surface area contributed by atoms with Gasteiger partial charge in [0.1, 0.15) is 5.56 Å². The van der Waals surface area contributed by atoms with Crippen molar-refractivity contribution in [1.29, 1.82) is 0 Å². The van der Waals surface area contributed by atoms with Crippen LogP contribution >= 0.6 is 0 Å². The van der Waals surface area contributed by atoms with Crippen LogP contribution in [0.1, 0.15) is 27.0 Å². The van der Waals surface area contributed by atoms with Gasteiger partial charge in [0.2, 0.25) is 5.43 Å². The molecular weight excluding hydrogens is 362 g/mol. The Morgan fingerprint density at radius 3 is 2.48 bits per heavy atom. The molecule has 2 aromatic carbocycles. The molecule has 29 heavy (non-hydrogen) atoms. The highest BCUT2D eigenvalue weighted by Crippen LogP contribution is 2.26. The van der Waals surface area contributed by atoms with Gasteiger partial charge in [0.25, 0.3) is 5.91 Å². The van der Waals surface area contributed by atoms with Gasteiger partial charge in [-0.3, -0.25) is 9.59 Å². The number of hydrogen-bond donors (Lipinski definition) is 0. The van der Waals surface area contributed by atoms with Crippen molar-refractivity contribution in [2.24, 2.45) is 0 Å². The third-order valence-corrected chi connectivity index (χ3v) is 6.52. The first-order valence-corrected chi connectivity index (χ1v) is 10.3. The summed E-state index contributed by atoms with van der Waals surface area (Å²) in [5, 5.41) is 0.667. The molecule has 148 valence electrons. The van der Waals surface area contributed by atoms with Gasteiger partial charge in [0, 0.05) is 50.0 Å². The molecule has 5 nitrogen and oxygen atoms in total. The van der Waals surface area contributed by atoms with E-state index in [0.717, 1.165) is 31.6 Å². The van der Waals surface area contributed by atoms with Crippen molar-refractivity contribution in [2.75, 3.05) is 31.1 Å². The second-order valence-corrected chi connectivity index (χ2v) is 8.13. The van der Waals surface area contributed by atoms with E-state index in [9.17, 15) is 9.59 Å². The fourth-order valence-electron chi connectivity index (χ4n) is 4.71. The molecule has 0 radical (unpaired) electrons. The number of anilines is 1. The number of para-hydroxylation sites is 1. The summed E-state index contributed by atoms with van der Waals surface area (Å²) in [6, 6.07) is 12.2. The molecule has 1 saturated heterocycles. The molecular formula is C24H25N3O2. The average Bonchev–Trinajstić information content (AvgIpc) is 3.16. The fraction of sp³-hybridized carbons (Fsp3) is 0.333. The van der Waals surface area contributed by atoms with E-state index in [-0.39, 0.29) is 11.3 Å². The summed E-state index contributed by atoms with van der Waals surface area (Å²) in [5.74, 6) is -0.140. The first-order valence-electron chi connectivity index (χ1n) is 10.3. The van der Waals surface area contributed by atoms with E-state index in [1.54, 1.807) is 6.20 Å². The smallest absolute Gasteiger partial charge is 0.259 e. The van der Waals surface area contributed by atoms with Crippen molar-refractivity contribution in [3.05, 3.63) is 75.1 Å². The Balaban J connectivity index is 1.40. The van der Waals surface area contributed by atoms with Crippen molar-refractivity contribution < 1.29 is 4.79 Å². The lowest BCUT2D eigenvalue weighted by Crippen LogP contribution is -2.49.